The van der Waals surface area contributed by atoms with Gasteiger partial charge in [0, 0.05) is 5.02 Å². The van der Waals surface area contributed by atoms with Crippen LogP contribution in [-0.4, -0.2) is 16.8 Å². The van der Waals surface area contributed by atoms with Crippen LogP contribution >= 0.6 is 35.6 Å². The molecule has 0 bridgehead atoms. The molecule has 2 aromatic rings. The maximum atomic E-state index is 12.7. The first kappa shape index (κ1) is 17.7. The number of ether oxygens (including phenoxy) is 1. The molecule has 3 rings (SSSR count). The van der Waals surface area contributed by atoms with E-state index in [1.807, 2.05) is 36.4 Å². The second-order valence-electron chi connectivity index (χ2n) is 5.17. The number of rotatable bonds is 5. The molecule has 0 N–H and O–H groups in total. The second-order valence-corrected chi connectivity index (χ2v) is 7.28. The van der Waals surface area contributed by atoms with E-state index < -0.39 is 0 Å². The number of thiocarbonyl (C=S) groups is 1. The van der Waals surface area contributed by atoms with Crippen LogP contribution in [0.25, 0.3) is 6.08 Å². The lowest BCUT2D eigenvalue weighted by Gasteiger charge is -2.14. The summed E-state index contributed by atoms with van der Waals surface area (Å²) in [7, 11) is 0. The Hall–Kier alpha value is -2.08. The lowest BCUT2D eigenvalue weighted by atomic mass is 10.2. The van der Waals surface area contributed by atoms with E-state index >= 15 is 0 Å². The summed E-state index contributed by atoms with van der Waals surface area (Å²) in [6, 6.07) is 14.6. The third-order valence-electron chi connectivity index (χ3n) is 3.41. The summed E-state index contributed by atoms with van der Waals surface area (Å²) in [5.41, 5.74) is 1.57. The number of hydrogen-bond donors (Lipinski definition) is 0. The van der Waals surface area contributed by atoms with Gasteiger partial charge in [0.2, 0.25) is 0 Å². The van der Waals surface area contributed by atoms with E-state index in [0.29, 0.717) is 26.5 Å². The normalized spacial score (nSPS) is 15.7. The molecule has 1 fully saturated rings. The number of nitrogens with zero attached hydrogens (tertiary/aromatic N) is 1. The Balaban J connectivity index is 1.81. The summed E-state index contributed by atoms with van der Waals surface area (Å²) >= 11 is 12.7. The van der Waals surface area contributed by atoms with Crippen LogP contribution in [0.1, 0.15) is 5.56 Å². The molecule has 1 heterocycles. The highest BCUT2D eigenvalue weighted by atomic mass is 35.5. The lowest BCUT2D eigenvalue weighted by molar-refractivity contribution is -0.113. The Kier molecular flexibility index (Phi) is 5.58. The Morgan fingerprint density at radius 1 is 1.24 bits per heavy atom. The smallest absolute Gasteiger partial charge is 0.270 e. The van der Waals surface area contributed by atoms with Crippen LogP contribution in [-0.2, 0) is 4.79 Å². The van der Waals surface area contributed by atoms with Crippen molar-refractivity contribution in [3.8, 4) is 5.75 Å². The summed E-state index contributed by atoms with van der Waals surface area (Å²) in [6.45, 7) is 4.07. The summed E-state index contributed by atoms with van der Waals surface area (Å²) in [5.74, 6) is 0.604. The molecular weight excluding hydrogens is 374 g/mol. The van der Waals surface area contributed by atoms with E-state index in [1.165, 1.54) is 16.7 Å². The van der Waals surface area contributed by atoms with Crippen molar-refractivity contribution in [2.24, 2.45) is 0 Å². The van der Waals surface area contributed by atoms with Gasteiger partial charge in [-0.2, -0.15) is 0 Å². The highest BCUT2D eigenvalue weighted by molar-refractivity contribution is 8.27. The number of anilines is 1. The predicted molar refractivity (Wildman–Crippen MR) is 109 cm³/mol. The Morgan fingerprint density at radius 3 is 2.68 bits per heavy atom. The van der Waals surface area contributed by atoms with Gasteiger partial charge in [0.05, 0.1) is 10.6 Å². The molecule has 0 aromatic heterocycles. The number of thioether (sulfide) groups is 1. The minimum Gasteiger partial charge on any atom is -0.490 e. The van der Waals surface area contributed by atoms with Gasteiger partial charge in [-0.3, -0.25) is 9.69 Å². The van der Waals surface area contributed by atoms with Crippen LogP contribution in [0.2, 0.25) is 5.02 Å². The van der Waals surface area contributed by atoms with Gasteiger partial charge in [-0.25, -0.2) is 0 Å². The number of halogens is 1. The van der Waals surface area contributed by atoms with Gasteiger partial charge in [-0.05, 0) is 42.0 Å². The van der Waals surface area contributed by atoms with Gasteiger partial charge in [-0.15, -0.1) is 0 Å². The summed E-state index contributed by atoms with van der Waals surface area (Å²) in [5, 5.41) is 0.561. The number of amides is 1. The number of hydrogen-bond acceptors (Lipinski definition) is 4. The van der Waals surface area contributed by atoms with Gasteiger partial charge >= 0.3 is 0 Å². The molecule has 1 saturated heterocycles. The van der Waals surface area contributed by atoms with Crippen LogP contribution in [0.3, 0.4) is 0 Å². The first-order chi connectivity index (χ1) is 12.1. The zero-order valence-electron chi connectivity index (χ0n) is 13.1. The predicted octanol–water partition coefficient (Wildman–Crippen LogP) is 5.31. The molecule has 1 amide bonds. The fraction of sp³-hybridized carbons (Fsp3) is 0.0526. The van der Waals surface area contributed by atoms with Gasteiger partial charge in [0.25, 0.3) is 5.91 Å². The van der Waals surface area contributed by atoms with Crippen molar-refractivity contribution in [1.82, 2.24) is 0 Å². The molecule has 6 heteroatoms. The summed E-state index contributed by atoms with van der Waals surface area (Å²) < 4.78 is 5.94. The van der Waals surface area contributed by atoms with E-state index in [1.54, 1.807) is 24.3 Å². The third kappa shape index (κ3) is 4.12. The highest BCUT2D eigenvalue weighted by Gasteiger charge is 2.33. The molecule has 0 saturated carbocycles. The Labute approximate surface area is 160 Å². The van der Waals surface area contributed by atoms with Crippen molar-refractivity contribution in [3.05, 3.63) is 76.7 Å². The van der Waals surface area contributed by atoms with E-state index in [9.17, 15) is 4.79 Å². The molecule has 126 valence electrons. The standard InChI is InChI=1S/C19H14ClNO2S2/c1-2-10-23-16-8-6-13(7-9-16)11-17-18(22)21(19(24)25-17)15-5-3-4-14(20)12-15/h2-9,11-12H,1,10H2/b17-11-. The first-order valence-electron chi connectivity index (χ1n) is 7.46. The number of carbonyl (C=O) groups excluding carboxylic acids is 1. The van der Waals surface area contributed by atoms with Crippen LogP contribution in [0, 0.1) is 0 Å². The minimum absolute atomic E-state index is 0.149. The Morgan fingerprint density at radius 2 is 2.00 bits per heavy atom. The number of carbonyl (C=O) groups is 1. The highest BCUT2D eigenvalue weighted by Crippen LogP contribution is 2.36. The molecule has 2 aromatic carbocycles. The van der Waals surface area contributed by atoms with E-state index in [2.05, 4.69) is 6.58 Å². The molecule has 0 atom stereocenters. The van der Waals surface area contributed by atoms with Crippen molar-refractivity contribution >= 4 is 57.6 Å². The van der Waals surface area contributed by atoms with E-state index in [-0.39, 0.29) is 5.91 Å². The summed E-state index contributed by atoms with van der Waals surface area (Å²) in [4.78, 5) is 14.8. The molecule has 25 heavy (non-hydrogen) atoms. The third-order valence-corrected chi connectivity index (χ3v) is 4.94. The molecule has 0 spiro atoms. The van der Waals surface area contributed by atoms with Gasteiger partial charge < -0.3 is 4.74 Å². The van der Waals surface area contributed by atoms with Crippen molar-refractivity contribution in [3.63, 3.8) is 0 Å². The van der Waals surface area contributed by atoms with Crippen LogP contribution in [0.15, 0.2) is 66.1 Å². The maximum Gasteiger partial charge on any atom is 0.270 e. The van der Waals surface area contributed by atoms with Gasteiger partial charge in [-0.1, -0.05) is 66.4 Å². The lowest BCUT2D eigenvalue weighted by Crippen LogP contribution is -2.27. The molecule has 3 nitrogen and oxygen atoms in total. The molecule has 1 aliphatic rings. The van der Waals surface area contributed by atoms with Gasteiger partial charge in [0.1, 0.15) is 12.4 Å². The van der Waals surface area contributed by atoms with E-state index in [0.717, 1.165) is 11.3 Å². The van der Waals surface area contributed by atoms with Crippen LogP contribution in [0.4, 0.5) is 5.69 Å². The maximum absolute atomic E-state index is 12.7. The fourth-order valence-electron chi connectivity index (χ4n) is 2.27. The van der Waals surface area contributed by atoms with Crippen molar-refractivity contribution in [1.29, 1.82) is 0 Å². The monoisotopic (exact) mass is 387 g/mol. The zero-order chi connectivity index (χ0) is 17.8. The van der Waals surface area contributed by atoms with Gasteiger partial charge in [0.15, 0.2) is 4.32 Å². The van der Waals surface area contributed by atoms with Crippen molar-refractivity contribution in [2.45, 2.75) is 0 Å². The SMILES string of the molecule is C=CCOc1ccc(/C=C2\SC(=S)N(c3cccc(Cl)c3)C2=O)cc1. The Bertz CT molecular complexity index is 862. The summed E-state index contributed by atoms with van der Waals surface area (Å²) in [6.07, 6.45) is 3.51. The van der Waals surface area contributed by atoms with E-state index in [4.69, 9.17) is 28.6 Å². The van der Waals surface area contributed by atoms with Crippen molar-refractivity contribution < 1.29 is 9.53 Å². The second kappa shape index (κ2) is 7.87. The molecule has 1 aliphatic heterocycles. The van der Waals surface area contributed by atoms with Crippen LogP contribution < -0.4 is 9.64 Å². The fourth-order valence-corrected chi connectivity index (χ4v) is 3.76. The molecule has 0 radical (unpaired) electrons. The molecular formula is C19H14ClNO2S2. The number of benzene rings is 2. The minimum atomic E-state index is -0.149. The topological polar surface area (TPSA) is 29.5 Å². The average Bonchev–Trinajstić information content (AvgIpc) is 2.88. The first-order valence-corrected chi connectivity index (χ1v) is 9.06. The van der Waals surface area contributed by atoms with Crippen LogP contribution in [0.5, 0.6) is 5.75 Å². The molecule has 0 aliphatic carbocycles. The quantitative estimate of drug-likeness (QED) is 0.395. The largest absolute Gasteiger partial charge is 0.490 e. The average molecular weight is 388 g/mol. The van der Waals surface area contributed by atoms with Crippen molar-refractivity contribution in [2.75, 3.05) is 11.5 Å². The molecule has 0 unspecified atom stereocenters. The zero-order valence-corrected chi connectivity index (χ0v) is 15.5.